The summed E-state index contributed by atoms with van der Waals surface area (Å²) in [7, 11) is 1.59. The first kappa shape index (κ1) is 15.8. The quantitative estimate of drug-likeness (QED) is 0.838. The number of hydrogen-bond donors (Lipinski definition) is 0. The molecule has 0 spiro atoms. The first-order chi connectivity index (χ1) is 12.3. The molecule has 1 amide bonds. The van der Waals surface area contributed by atoms with Crippen LogP contribution in [0.25, 0.3) is 0 Å². The highest BCUT2D eigenvalue weighted by Crippen LogP contribution is 2.32. The Hall–Kier alpha value is -2.70. The minimum atomic E-state index is -0.0872. The number of hydrogen-bond acceptors (Lipinski definition) is 6. The SMILES string of the molecule is COc1ccnc(N2CCN(C(=O)C3CCc4cccnc43)CC2)n1. The minimum absolute atomic E-state index is 0.0872. The third-order valence-corrected chi connectivity index (χ3v) is 4.96. The molecule has 0 radical (unpaired) electrons. The molecule has 1 fully saturated rings. The lowest BCUT2D eigenvalue weighted by Gasteiger charge is -2.35. The van der Waals surface area contributed by atoms with Gasteiger partial charge in [-0.1, -0.05) is 6.07 Å². The maximum atomic E-state index is 12.9. The van der Waals surface area contributed by atoms with Crippen LogP contribution in [0.5, 0.6) is 5.88 Å². The lowest BCUT2D eigenvalue weighted by molar-refractivity contribution is -0.133. The van der Waals surface area contributed by atoms with E-state index in [0.29, 0.717) is 24.9 Å². The van der Waals surface area contributed by atoms with E-state index < -0.39 is 0 Å². The molecule has 1 saturated heterocycles. The molecule has 4 rings (SSSR count). The van der Waals surface area contributed by atoms with Crippen molar-refractivity contribution in [2.75, 3.05) is 38.2 Å². The maximum absolute atomic E-state index is 12.9. The Labute approximate surface area is 146 Å². The van der Waals surface area contributed by atoms with Crippen molar-refractivity contribution in [2.24, 2.45) is 0 Å². The lowest BCUT2D eigenvalue weighted by Crippen LogP contribution is -2.50. The van der Waals surface area contributed by atoms with Gasteiger partial charge in [-0.25, -0.2) is 4.98 Å². The Morgan fingerprint density at radius 2 is 2.00 bits per heavy atom. The first-order valence-corrected chi connectivity index (χ1v) is 8.61. The molecule has 3 heterocycles. The molecule has 2 aliphatic rings. The molecule has 2 aromatic rings. The number of methoxy groups -OCH3 is 1. The smallest absolute Gasteiger partial charge is 0.231 e. The summed E-state index contributed by atoms with van der Waals surface area (Å²) >= 11 is 0. The number of amides is 1. The summed E-state index contributed by atoms with van der Waals surface area (Å²) in [5.74, 6) is 1.32. The van der Waals surface area contributed by atoms with Crippen LogP contribution in [0.3, 0.4) is 0 Å². The topological polar surface area (TPSA) is 71.5 Å². The standard InChI is InChI=1S/C18H21N5O2/c1-25-15-6-8-20-18(21-15)23-11-9-22(10-12-23)17(24)14-5-4-13-3-2-7-19-16(13)14/h2-3,6-8,14H,4-5,9-12H2,1H3. The van der Waals surface area contributed by atoms with Crippen LogP contribution in [0, 0.1) is 0 Å². The number of fused-ring (bicyclic) bond motifs is 1. The van der Waals surface area contributed by atoms with E-state index in [1.54, 1.807) is 25.6 Å². The van der Waals surface area contributed by atoms with Gasteiger partial charge in [-0.3, -0.25) is 9.78 Å². The lowest BCUT2D eigenvalue weighted by atomic mass is 10.0. The Morgan fingerprint density at radius 1 is 1.16 bits per heavy atom. The third kappa shape index (κ3) is 3.01. The highest BCUT2D eigenvalue weighted by molar-refractivity contribution is 5.84. The average molecular weight is 339 g/mol. The number of nitrogens with zero attached hydrogens (tertiary/aromatic N) is 5. The second-order valence-electron chi connectivity index (χ2n) is 6.35. The van der Waals surface area contributed by atoms with Crippen molar-refractivity contribution < 1.29 is 9.53 Å². The molecule has 0 saturated carbocycles. The van der Waals surface area contributed by atoms with Gasteiger partial charge in [0, 0.05) is 44.6 Å². The van der Waals surface area contributed by atoms with Crippen molar-refractivity contribution in [2.45, 2.75) is 18.8 Å². The summed E-state index contributed by atoms with van der Waals surface area (Å²) in [6.45, 7) is 2.80. The zero-order valence-electron chi connectivity index (χ0n) is 14.3. The van der Waals surface area contributed by atoms with Gasteiger partial charge in [0.05, 0.1) is 18.7 Å². The fourth-order valence-corrected chi connectivity index (χ4v) is 3.60. The molecule has 7 heteroatoms. The van der Waals surface area contributed by atoms with Crippen molar-refractivity contribution in [1.29, 1.82) is 0 Å². The molecular formula is C18H21N5O2. The van der Waals surface area contributed by atoms with Crippen molar-refractivity contribution in [3.05, 3.63) is 41.9 Å². The van der Waals surface area contributed by atoms with Crippen LogP contribution in [0.15, 0.2) is 30.6 Å². The Balaban J connectivity index is 1.41. The number of carbonyl (C=O) groups is 1. The van der Waals surface area contributed by atoms with Crippen LogP contribution in [-0.4, -0.2) is 59.0 Å². The van der Waals surface area contributed by atoms with Gasteiger partial charge in [0.1, 0.15) is 0 Å². The zero-order chi connectivity index (χ0) is 17.2. The van der Waals surface area contributed by atoms with Gasteiger partial charge in [-0.05, 0) is 24.5 Å². The number of rotatable bonds is 3. The van der Waals surface area contributed by atoms with Gasteiger partial charge < -0.3 is 14.5 Å². The van der Waals surface area contributed by atoms with Crippen LogP contribution in [0.2, 0.25) is 0 Å². The van der Waals surface area contributed by atoms with Gasteiger partial charge in [-0.15, -0.1) is 0 Å². The number of aryl methyl sites for hydroxylation is 1. The van der Waals surface area contributed by atoms with Crippen molar-refractivity contribution in [1.82, 2.24) is 19.9 Å². The molecule has 2 aromatic heterocycles. The van der Waals surface area contributed by atoms with Crippen LogP contribution in [0.4, 0.5) is 5.95 Å². The highest BCUT2D eigenvalue weighted by atomic mass is 16.5. The predicted octanol–water partition coefficient (Wildman–Crippen LogP) is 1.26. The van der Waals surface area contributed by atoms with Gasteiger partial charge in [0.2, 0.25) is 17.7 Å². The number of piperazine rings is 1. The molecule has 130 valence electrons. The number of ether oxygens (including phenoxy) is 1. The number of carbonyl (C=O) groups excluding carboxylic acids is 1. The Bertz CT molecular complexity index is 774. The molecular weight excluding hydrogens is 318 g/mol. The van der Waals surface area contributed by atoms with Crippen LogP contribution < -0.4 is 9.64 Å². The van der Waals surface area contributed by atoms with E-state index >= 15 is 0 Å². The summed E-state index contributed by atoms with van der Waals surface area (Å²) in [4.78, 5) is 30.1. The fraction of sp³-hybridized carbons (Fsp3) is 0.444. The maximum Gasteiger partial charge on any atom is 0.231 e. The molecule has 7 nitrogen and oxygen atoms in total. The number of pyridine rings is 1. The number of aromatic nitrogens is 3. The van der Waals surface area contributed by atoms with E-state index in [-0.39, 0.29) is 11.8 Å². The first-order valence-electron chi connectivity index (χ1n) is 8.61. The van der Waals surface area contributed by atoms with E-state index in [1.165, 1.54) is 5.56 Å². The summed E-state index contributed by atoms with van der Waals surface area (Å²) in [6, 6.07) is 5.75. The molecule has 1 atom stereocenters. The van der Waals surface area contributed by atoms with Crippen LogP contribution in [-0.2, 0) is 11.2 Å². The van der Waals surface area contributed by atoms with E-state index in [0.717, 1.165) is 31.6 Å². The third-order valence-electron chi connectivity index (χ3n) is 4.96. The normalized spacial score (nSPS) is 19.6. The minimum Gasteiger partial charge on any atom is -0.481 e. The second-order valence-corrected chi connectivity index (χ2v) is 6.35. The van der Waals surface area contributed by atoms with E-state index in [4.69, 9.17) is 4.74 Å². The molecule has 1 unspecified atom stereocenters. The molecule has 0 bridgehead atoms. The van der Waals surface area contributed by atoms with Gasteiger partial charge in [-0.2, -0.15) is 4.98 Å². The summed E-state index contributed by atoms with van der Waals surface area (Å²) < 4.78 is 5.16. The van der Waals surface area contributed by atoms with E-state index in [1.807, 2.05) is 11.0 Å². The Kier molecular flexibility index (Phi) is 4.21. The molecule has 1 aliphatic carbocycles. The zero-order valence-corrected chi connectivity index (χ0v) is 14.3. The molecule has 1 aliphatic heterocycles. The van der Waals surface area contributed by atoms with Crippen molar-refractivity contribution >= 4 is 11.9 Å². The monoisotopic (exact) mass is 339 g/mol. The van der Waals surface area contributed by atoms with Gasteiger partial charge >= 0.3 is 0 Å². The summed E-state index contributed by atoms with van der Waals surface area (Å²) in [6.07, 6.45) is 5.28. The average Bonchev–Trinajstić information content (AvgIpc) is 3.12. The van der Waals surface area contributed by atoms with Crippen LogP contribution >= 0.6 is 0 Å². The van der Waals surface area contributed by atoms with Gasteiger partial charge in [0.15, 0.2) is 0 Å². The molecule has 0 aromatic carbocycles. The van der Waals surface area contributed by atoms with Crippen LogP contribution in [0.1, 0.15) is 23.6 Å². The largest absolute Gasteiger partial charge is 0.481 e. The Morgan fingerprint density at radius 3 is 2.80 bits per heavy atom. The number of anilines is 1. The van der Waals surface area contributed by atoms with E-state index in [2.05, 4.69) is 25.9 Å². The second kappa shape index (κ2) is 6.66. The van der Waals surface area contributed by atoms with Crippen molar-refractivity contribution in [3.63, 3.8) is 0 Å². The molecule has 0 N–H and O–H groups in total. The predicted molar refractivity (Wildman–Crippen MR) is 92.7 cm³/mol. The molecule has 25 heavy (non-hydrogen) atoms. The summed E-state index contributed by atoms with van der Waals surface area (Å²) in [5, 5.41) is 0. The summed E-state index contributed by atoms with van der Waals surface area (Å²) in [5.41, 5.74) is 2.18. The van der Waals surface area contributed by atoms with Gasteiger partial charge in [0.25, 0.3) is 0 Å². The van der Waals surface area contributed by atoms with E-state index in [9.17, 15) is 4.79 Å². The highest BCUT2D eigenvalue weighted by Gasteiger charge is 2.34. The fourth-order valence-electron chi connectivity index (χ4n) is 3.60. The van der Waals surface area contributed by atoms with Crippen molar-refractivity contribution in [3.8, 4) is 5.88 Å².